The first-order valence-corrected chi connectivity index (χ1v) is 18.0. The van der Waals surface area contributed by atoms with Crippen molar-refractivity contribution in [2.24, 2.45) is 23.7 Å². The molecule has 0 aromatic heterocycles. The van der Waals surface area contributed by atoms with E-state index in [1.165, 1.54) is 9.80 Å². The number of aromatic hydroxyl groups is 2. The lowest BCUT2D eigenvalue weighted by Gasteiger charge is -2.50. The van der Waals surface area contributed by atoms with Gasteiger partial charge in [-0.25, -0.2) is 4.90 Å². The van der Waals surface area contributed by atoms with Crippen molar-refractivity contribution in [1.29, 1.82) is 0 Å². The number of likely N-dealkylation sites (tertiary alicyclic amines) is 1. The number of phenols is 2. The number of anilines is 1. The first kappa shape index (κ1) is 33.7. The highest BCUT2D eigenvalue weighted by Crippen LogP contribution is 2.65. The molecule has 9 heteroatoms. The summed E-state index contributed by atoms with van der Waals surface area (Å²) in [5, 5.41) is 22.1. The fourth-order valence-corrected chi connectivity index (χ4v) is 9.63. The quantitative estimate of drug-likeness (QED) is 0.152. The van der Waals surface area contributed by atoms with Crippen LogP contribution < -0.4 is 4.90 Å². The van der Waals surface area contributed by atoms with Crippen molar-refractivity contribution in [1.82, 2.24) is 4.90 Å². The number of benzene rings is 4. The van der Waals surface area contributed by atoms with Crippen molar-refractivity contribution in [3.8, 4) is 11.5 Å². The van der Waals surface area contributed by atoms with E-state index in [4.69, 9.17) is 11.6 Å². The summed E-state index contributed by atoms with van der Waals surface area (Å²) in [5.74, 6) is -4.87. The monoisotopic (exact) mass is 712 g/mol. The summed E-state index contributed by atoms with van der Waals surface area (Å²) < 4.78 is 0. The second-order valence-corrected chi connectivity index (χ2v) is 14.6. The fraction of sp³-hybridized carbons (Fsp3) is 0.256. The predicted octanol–water partition coefficient (Wildman–Crippen LogP) is 6.88. The van der Waals surface area contributed by atoms with Gasteiger partial charge in [-0.15, -0.1) is 6.58 Å². The molecule has 4 aromatic rings. The van der Waals surface area contributed by atoms with Gasteiger partial charge >= 0.3 is 0 Å². The predicted molar refractivity (Wildman–Crippen MR) is 197 cm³/mol. The summed E-state index contributed by atoms with van der Waals surface area (Å²) in [7, 11) is 0. The van der Waals surface area contributed by atoms with Gasteiger partial charge in [-0.2, -0.15) is 0 Å². The number of para-hydroxylation sites is 1. The normalized spacial score (nSPS) is 26.6. The summed E-state index contributed by atoms with van der Waals surface area (Å²) in [6.45, 7) is 4.05. The molecule has 1 saturated carbocycles. The number of rotatable bonds is 8. The van der Waals surface area contributed by atoms with Gasteiger partial charge in [0, 0.05) is 23.0 Å². The molecule has 2 heterocycles. The number of halogens is 1. The molecule has 262 valence electrons. The lowest BCUT2D eigenvalue weighted by Crippen LogP contribution is -2.53. The van der Waals surface area contributed by atoms with Crippen LogP contribution in [0.3, 0.4) is 0 Å². The molecule has 0 bridgehead atoms. The fourth-order valence-electron chi connectivity index (χ4n) is 9.44. The van der Waals surface area contributed by atoms with Crippen LogP contribution in [0.2, 0.25) is 5.02 Å². The molecule has 4 amide bonds. The number of carbonyl (C=O) groups is 4. The third-order valence-electron chi connectivity index (χ3n) is 11.6. The first-order valence-electron chi connectivity index (χ1n) is 17.6. The molecule has 8 rings (SSSR count). The topological polar surface area (TPSA) is 115 Å². The van der Waals surface area contributed by atoms with E-state index in [0.29, 0.717) is 40.2 Å². The molecule has 4 aromatic carbocycles. The molecule has 0 spiro atoms. The van der Waals surface area contributed by atoms with Gasteiger partial charge < -0.3 is 10.2 Å². The van der Waals surface area contributed by atoms with E-state index >= 15 is 4.79 Å². The Morgan fingerprint density at radius 3 is 2.33 bits per heavy atom. The molecule has 52 heavy (non-hydrogen) atoms. The summed E-state index contributed by atoms with van der Waals surface area (Å²) in [5.41, 5.74) is 2.26. The largest absolute Gasteiger partial charge is 0.508 e. The highest BCUT2D eigenvalue weighted by molar-refractivity contribution is 6.32. The Balaban J connectivity index is 1.30. The van der Waals surface area contributed by atoms with Crippen LogP contribution in [0.5, 0.6) is 11.5 Å². The van der Waals surface area contributed by atoms with Crippen LogP contribution >= 0.6 is 11.6 Å². The average molecular weight is 713 g/mol. The minimum Gasteiger partial charge on any atom is -0.508 e. The molecule has 2 aliphatic carbocycles. The number of nitrogens with zero attached hydrogens (tertiary/aromatic N) is 2. The van der Waals surface area contributed by atoms with E-state index in [1.807, 2.05) is 48.5 Å². The van der Waals surface area contributed by atoms with E-state index in [1.54, 1.807) is 60.7 Å². The molecule has 3 fully saturated rings. The van der Waals surface area contributed by atoms with Gasteiger partial charge in [-0.3, -0.25) is 24.1 Å². The molecule has 0 radical (unpaired) electrons. The van der Waals surface area contributed by atoms with E-state index < -0.39 is 46.8 Å². The van der Waals surface area contributed by atoms with Crippen LogP contribution in [-0.4, -0.2) is 45.3 Å². The third-order valence-corrected chi connectivity index (χ3v) is 11.9. The highest BCUT2D eigenvalue weighted by atomic mass is 35.5. The molecule has 6 atom stereocenters. The number of imide groups is 2. The second-order valence-electron chi connectivity index (χ2n) is 14.2. The van der Waals surface area contributed by atoms with Crippen LogP contribution in [-0.2, 0) is 37.4 Å². The van der Waals surface area contributed by atoms with E-state index in [2.05, 4.69) is 6.58 Å². The minimum absolute atomic E-state index is 0.0101. The number of hydrogen-bond donors (Lipinski definition) is 2. The van der Waals surface area contributed by atoms with E-state index in [9.17, 15) is 24.6 Å². The molecule has 8 nitrogen and oxygen atoms in total. The lowest BCUT2D eigenvalue weighted by atomic mass is 9.49. The zero-order valence-corrected chi connectivity index (χ0v) is 29.1. The Hall–Kier alpha value is -5.47. The Labute approximate surface area is 306 Å². The zero-order chi connectivity index (χ0) is 36.3. The van der Waals surface area contributed by atoms with E-state index in [-0.39, 0.29) is 42.7 Å². The standard InChI is InChI=1S/C43H37ClN2O6/c1-2-8-26-9-6-14-33(38(26)48)37-31-19-20-32-36(41(51)45(39(32)49)22-21-25-15-17-30(47)18-16-25)34(31)24-35-40(50)46(29-13-7-12-28(44)23-29)42(52)43(35,37)27-10-4-3-5-11-27/h2-7,9-19,23,32,34-37,47-48H,1,8,20-22,24H2/t32-,34+,35-,36-,37+,43+/m0/s1. The average Bonchev–Trinajstić information content (AvgIpc) is 3.53. The third kappa shape index (κ3) is 5.03. The molecular formula is C43H37ClN2O6. The van der Waals surface area contributed by atoms with Gasteiger partial charge in [0.05, 0.1) is 28.9 Å². The van der Waals surface area contributed by atoms with Gasteiger partial charge in [0.15, 0.2) is 0 Å². The van der Waals surface area contributed by atoms with Gasteiger partial charge in [-0.05, 0) is 78.6 Å². The van der Waals surface area contributed by atoms with Crippen molar-refractivity contribution in [3.05, 3.63) is 149 Å². The van der Waals surface area contributed by atoms with Crippen LogP contribution in [0.25, 0.3) is 0 Å². The Bertz CT molecular complexity index is 2160. The molecule has 4 aliphatic rings. The Morgan fingerprint density at radius 1 is 0.846 bits per heavy atom. The summed E-state index contributed by atoms with van der Waals surface area (Å²) in [6.07, 6.45) is 4.95. The smallest absolute Gasteiger partial charge is 0.246 e. The number of phenolic OH excluding ortho intramolecular Hbond substituents is 2. The van der Waals surface area contributed by atoms with E-state index in [0.717, 1.165) is 11.1 Å². The van der Waals surface area contributed by atoms with Crippen LogP contribution in [0.1, 0.15) is 41.0 Å². The molecule has 0 unspecified atom stereocenters. The molecule has 2 N–H and O–H groups in total. The number of amides is 4. The first-order chi connectivity index (χ1) is 25.2. The maximum atomic E-state index is 15.4. The lowest BCUT2D eigenvalue weighted by molar-refractivity contribution is -0.140. The highest BCUT2D eigenvalue weighted by Gasteiger charge is 2.70. The van der Waals surface area contributed by atoms with Crippen LogP contribution in [0.15, 0.2) is 121 Å². The van der Waals surface area contributed by atoms with Gasteiger partial charge in [0.2, 0.25) is 23.6 Å². The van der Waals surface area contributed by atoms with Crippen molar-refractivity contribution in [2.75, 3.05) is 11.4 Å². The van der Waals surface area contributed by atoms with Crippen molar-refractivity contribution < 1.29 is 29.4 Å². The molecular weight excluding hydrogens is 676 g/mol. The number of fused-ring (bicyclic) bond motifs is 4. The summed E-state index contributed by atoms with van der Waals surface area (Å²) in [6, 6.07) is 28.0. The Kier molecular flexibility index (Phi) is 8.38. The second kappa shape index (κ2) is 12.9. The zero-order valence-electron chi connectivity index (χ0n) is 28.3. The van der Waals surface area contributed by atoms with Crippen molar-refractivity contribution in [3.63, 3.8) is 0 Å². The molecule has 2 aliphatic heterocycles. The minimum atomic E-state index is -1.48. The number of hydrogen-bond acceptors (Lipinski definition) is 6. The summed E-state index contributed by atoms with van der Waals surface area (Å²) in [4.78, 5) is 61.3. The van der Waals surface area contributed by atoms with Crippen molar-refractivity contribution >= 4 is 40.9 Å². The van der Waals surface area contributed by atoms with Gasteiger partial charge in [0.1, 0.15) is 11.5 Å². The summed E-state index contributed by atoms with van der Waals surface area (Å²) >= 11 is 6.41. The number of allylic oxidation sites excluding steroid dienone is 3. The van der Waals surface area contributed by atoms with Crippen LogP contribution in [0, 0.1) is 23.7 Å². The SMILES string of the molecule is C=CCc1cccc([C@H]2C3=CC[C@@H]4C(=O)N(CCc5ccc(O)cc5)C(=O)[C@@H]4[C@@H]3C[C@H]3C(=O)N(c4cccc(Cl)c4)C(=O)[C@@]23c2ccccc2)c1O. The van der Waals surface area contributed by atoms with Gasteiger partial charge in [0.25, 0.3) is 0 Å². The van der Waals surface area contributed by atoms with Gasteiger partial charge in [-0.1, -0.05) is 96.1 Å². The maximum absolute atomic E-state index is 15.4. The Morgan fingerprint density at radius 2 is 1.60 bits per heavy atom. The maximum Gasteiger partial charge on any atom is 0.246 e. The number of carbonyl (C=O) groups excluding carboxylic acids is 4. The van der Waals surface area contributed by atoms with Crippen molar-refractivity contribution in [2.45, 2.75) is 37.0 Å². The molecule has 2 saturated heterocycles. The van der Waals surface area contributed by atoms with Crippen LogP contribution in [0.4, 0.5) is 5.69 Å².